The first-order valence-electron chi connectivity index (χ1n) is 7.61. The van der Waals surface area contributed by atoms with Gasteiger partial charge in [-0.1, -0.05) is 11.6 Å². The topological polar surface area (TPSA) is 84.9 Å². The molecule has 0 bridgehead atoms. The zero-order valence-corrected chi connectivity index (χ0v) is 16.3. The summed E-state index contributed by atoms with van der Waals surface area (Å²) < 4.78 is 98.1. The molecule has 164 valence electrons. The van der Waals surface area contributed by atoms with Crippen molar-refractivity contribution in [3.63, 3.8) is 0 Å². The van der Waals surface area contributed by atoms with E-state index in [9.17, 15) is 40.6 Å². The maximum Gasteiger partial charge on any atom is 0.527 e. The second-order valence-electron chi connectivity index (χ2n) is 5.63. The van der Waals surface area contributed by atoms with E-state index in [2.05, 4.69) is 9.05 Å². The van der Waals surface area contributed by atoms with Crippen molar-refractivity contribution in [2.24, 2.45) is 0 Å². The van der Waals surface area contributed by atoms with Crippen LogP contribution in [0.5, 0.6) is 5.75 Å². The highest BCUT2D eigenvalue weighted by molar-refractivity contribution is 7.47. The number of alkyl halides is 6. The quantitative estimate of drug-likeness (QED) is 0.423. The van der Waals surface area contributed by atoms with Crippen LogP contribution < -0.4 is 9.84 Å². The van der Waals surface area contributed by atoms with E-state index < -0.39 is 54.2 Å². The van der Waals surface area contributed by atoms with Gasteiger partial charge in [-0.25, -0.2) is 4.57 Å². The van der Waals surface area contributed by atoms with Crippen LogP contribution >= 0.6 is 19.4 Å². The Morgan fingerprint density at radius 1 is 1.03 bits per heavy atom. The zero-order chi connectivity index (χ0) is 22.9. The largest absolute Gasteiger partial charge is 0.527 e. The molecule has 0 aliphatic carbocycles. The molecule has 0 aromatic heterocycles. The molecule has 0 heterocycles. The number of halogens is 7. The van der Waals surface area contributed by atoms with E-state index in [1.807, 2.05) is 5.32 Å². The molecular formula is C16H11ClF6NO5P. The van der Waals surface area contributed by atoms with Crippen LogP contribution in [0.2, 0.25) is 5.02 Å². The fraction of sp³-hybridized carbons (Fsp3) is 0.188. The number of phosphoric ester groups is 1. The van der Waals surface area contributed by atoms with Crippen LogP contribution in [-0.4, -0.2) is 17.9 Å². The van der Waals surface area contributed by atoms with Gasteiger partial charge in [-0.3, -0.25) is 14.2 Å². The SMILES string of the molecule is COP(=O)(O)Oc1ccc(Cl)cc1C(=O)Nc1cc(C(F)(F)F)cc(C(F)(F)F)c1. The number of carbonyl (C=O) groups is 1. The highest BCUT2D eigenvalue weighted by atomic mass is 35.5. The van der Waals surface area contributed by atoms with Gasteiger partial charge in [0.25, 0.3) is 5.91 Å². The Bertz CT molecular complexity index is 978. The lowest BCUT2D eigenvalue weighted by Gasteiger charge is -2.16. The first-order valence-corrected chi connectivity index (χ1v) is 9.48. The lowest BCUT2D eigenvalue weighted by atomic mass is 10.1. The van der Waals surface area contributed by atoms with Gasteiger partial charge >= 0.3 is 20.2 Å². The lowest BCUT2D eigenvalue weighted by molar-refractivity contribution is -0.143. The Kier molecular flexibility index (Phi) is 6.77. The minimum atomic E-state index is -5.12. The smallest absolute Gasteiger partial charge is 0.403 e. The van der Waals surface area contributed by atoms with Gasteiger partial charge in [0, 0.05) is 17.8 Å². The number of nitrogens with one attached hydrogen (secondary N) is 1. The highest BCUT2D eigenvalue weighted by Crippen LogP contribution is 2.44. The third-order valence-electron chi connectivity index (χ3n) is 3.48. The van der Waals surface area contributed by atoms with E-state index >= 15 is 0 Å². The van der Waals surface area contributed by atoms with E-state index in [0.717, 1.165) is 25.3 Å². The summed E-state index contributed by atoms with van der Waals surface area (Å²) in [5.74, 6) is -1.80. The van der Waals surface area contributed by atoms with Crippen LogP contribution in [0.3, 0.4) is 0 Å². The van der Waals surface area contributed by atoms with E-state index in [4.69, 9.17) is 11.6 Å². The van der Waals surface area contributed by atoms with Crippen molar-refractivity contribution in [3.8, 4) is 5.75 Å². The van der Waals surface area contributed by atoms with E-state index in [1.165, 1.54) is 0 Å². The Hall–Kier alpha value is -2.27. The summed E-state index contributed by atoms with van der Waals surface area (Å²) in [4.78, 5) is 21.8. The summed E-state index contributed by atoms with van der Waals surface area (Å²) in [7, 11) is -3.81. The summed E-state index contributed by atoms with van der Waals surface area (Å²) in [5, 5.41) is 1.79. The number of anilines is 1. The fourth-order valence-electron chi connectivity index (χ4n) is 2.15. The molecule has 6 nitrogen and oxygen atoms in total. The molecule has 0 aliphatic heterocycles. The predicted molar refractivity (Wildman–Crippen MR) is 93.3 cm³/mol. The van der Waals surface area contributed by atoms with Crippen LogP contribution in [-0.2, 0) is 21.4 Å². The molecule has 0 fully saturated rings. The lowest BCUT2D eigenvalue weighted by Crippen LogP contribution is -2.16. The van der Waals surface area contributed by atoms with Gasteiger partial charge in [0.2, 0.25) is 0 Å². The van der Waals surface area contributed by atoms with Gasteiger partial charge in [-0.05, 0) is 36.4 Å². The van der Waals surface area contributed by atoms with Crippen LogP contribution in [0.1, 0.15) is 21.5 Å². The van der Waals surface area contributed by atoms with E-state index in [1.54, 1.807) is 0 Å². The zero-order valence-electron chi connectivity index (χ0n) is 14.6. The first kappa shape index (κ1) is 24.0. The van der Waals surface area contributed by atoms with Crippen molar-refractivity contribution in [3.05, 3.63) is 58.1 Å². The number of carbonyl (C=O) groups excluding carboxylic acids is 1. The molecule has 0 spiro atoms. The molecule has 1 atom stereocenters. The van der Waals surface area contributed by atoms with Crippen molar-refractivity contribution < 1.29 is 49.6 Å². The Morgan fingerprint density at radius 2 is 1.57 bits per heavy atom. The van der Waals surface area contributed by atoms with Crippen LogP contribution in [0, 0.1) is 0 Å². The number of hydrogen-bond donors (Lipinski definition) is 2. The fourth-order valence-corrected chi connectivity index (χ4v) is 2.80. The van der Waals surface area contributed by atoms with Gasteiger partial charge in [0.1, 0.15) is 5.75 Å². The molecule has 0 radical (unpaired) electrons. The molecule has 2 aromatic rings. The highest BCUT2D eigenvalue weighted by Gasteiger charge is 2.37. The minimum Gasteiger partial charge on any atom is -0.403 e. The van der Waals surface area contributed by atoms with Gasteiger partial charge in [-0.15, -0.1) is 0 Å². The number of hydrogen-bond acceptors (Lipinski definition) is 4. The van der Waals surface area contributed by atoms with Crippen LogP contribution in [0.4, 0.5) is 32.0 Å². The first-order chi connectivity index (χ1) is 13.6. The Balaban J connectivity index is 2.48. The Morgan fingerprint density at radius 3 is 2.03 bits per heavy atom. The summed E-state index contributed by atoms with van der Waals surface area (Å²) in [6, 6.07) is 3.57. The van der Waals surface area contributed by atoms with Crippen molar-refractivity contribution in [1.82, 2.24) is 0 Å². The number of benzene rings is 2. The maximum atomic E-state index is 12.9. The maximum absolute atomic E-state index is 12.9. The summed E-state index contributed by atoms with van der Waals surface area (Å²) in [5.41, 5.74) is -4.66. The minimum absolute atomic E-state index is 0.0716. The average molecular weight is 478 g/mol. The molecule has 1 amide bonds. The molecule has 2 rings (SSSR count). The second-order valence-corrected chi connectivity index (χ2v) is 7.55. The van der Waals surface area contributed by atoms with Crippen LogP contribution in [0.25, 0.3) is 0 Å². The molecule has 0 saturated heterocycles. The summed E-state index contributed by atoms with van der Waals surface area (Å²) in [6.45, 7) is 0. The van der Waals surface area contributed by atoms with Crippen molar-refractivity contribution >= 4 is 31.0 Å². The van der Waals surface area contributed by atoms with Gasteiger partial charge in [0.05, 0.1) is 16.7 Å². The number of amides is 1. The normalized spacial score (nSPS) is 14.2. The molecule has 2 N–H and O–H groups in total. The predicted octanol–water partition coefficient (Wildman–Crippen LogP) is 5.76. The standard InChI is InChI=1S/C16H11ClF6NO5P/c1-28-30(26,27)29-13-3-2-10(17)7-12(13)14(25)24-11-5-8(15(18,19)20)4-9(6-11)16(21,22)23/h2-7H,1H3,(H,24,25)(H,26,27). The third-order valence-corrected chi connectivity index (χ3v) is 4.60. The van der Waals surface area contributed by atoms with Gasteiger partial charge < -0.3 is 9.84 Å². The summed E-state index contributed by atoms with van der Waals surface area (Å²) in [6.07, 6.45) is -10.2. The molecule has 0 aliphatic rings. The number of rotatable bonds is 5. The molecule has 14 heteroatoms. The van der Waals surface area contributed by atoms with E-state index in [-0.39, 0.29) is 11.1 Å². The van der Waals surface area contributed by atoms with Crippen molar-refractivity contribution in [1.29, 1.82) is 0 Å². The average Bonchev–Trinajstić information content (AvgIpc) is 2.61. The van der Waals surface area contributed by atoms with Crippen molar-refractivity contribution in [2.45, 2.75) is 12.4 Å². The summed E-state index contributed by atoms with van der Waals surface area (Å²) >= 11 is 5.74. The van der Waals surface area contributed by atoms with Crippen molar-refractivity contribution in [2.75, 3.05) is 12.4 Å². The van der Waals surface area contributed by atoms with Gasteiger partial charge in [-0.2, -0.15) is 26.3 Å². The Labute approximate surface area is 170 Å². The van der Waals surface area contributed by atoms with E-state index in [0.29, 0.717) is 12.1 Å². The third kappa shape index (κ3) is 6.11. The molecule has 30 heavy (non-hydrogen) atoms. The molecular weight excluding hydrogens is 467 g/mol. The number of phosphoric acid groups is 1. The molecule has 2 aromatic carbocycles. The van der Waals surface area contributed by atoms with Crippen LogP contribution in [0.15, 0.2) is 36.4 Å². The monoisotopic (exact) mass is 477 g/mol. The van der Waals surface area contributed by atoms with Gasteiger partial charge in [0.15, 0.2) is 0 Å². The molecule has 0 saturated carbocycles. The second kappa shape index (κ2) is 8.46. The molecule has 1 unspecified atom stereocenters.